The highest BCUT2D eigenvalue weighted by molar-refractivity contribution is 5.94. The molecule has 110 valence electrons. The van der Waals surface area contributed by atoms with E-state index in [9.17, 15) is 4.79 Å². The summed E-state index contributed by atoms with van der Waals surface area (Å²) in [5.74, 6) is 0.893. The lowest BCUT2D eigenvalue weighted by Gasteiger charge is -2.29. The fourth-order valence-corrected chi connectivity index (χ4v) is 2.83. The highest BCUT2D eigenvalue weighted by Crippen LogP contribution is 2.25. The Morgan fingerprint density at radius 1 is 1.30 bits per heavy atom. The number of nitrogens with zero attached hydrogens (tertiary/aromatic N) is 1. The second-order valence-corrected chi connectivity index (χ2v) is 5.31. The average Bonchev–Trinajstić information content (AvgIpc) is 3.01. The summed E-state index contributed by atoms with van der Waals surface area (Å²) < 4.78 is 5.13. The lowest BCUT2D eigenvalue weighted by atomic mass is 10.1. The first-order valence-electron chi connectivity index (χ1n) is 7.41. The molecule has 2 rings (SSSR count). The third-order valence-electron chi connectivity index (χ3n) is 3.97. The van der Waals surface area contributed by atoms with Gasteiger partial charge >= 0.3 is 0 Å². The normalized spacial score (nSPS) is 15.3. The van der Waals surface area contributed by atoms with Crippen LogP contribution < -0.4 is 10.5 Å². The monoisotopic (exact) mass is 276 g/mol. The smallest absolute Gasteiger partial charge is 0.254 e. The Morgan fingerprint density at radius 3 is 2.50 bits per heavy atom. The average molecular weight is 276 g/mol. The number of carbonyl (C=O) groups is 1. The number of hydrogen-bond acceptors (Lipinski definition) is 3. The first-order chi connectivity index (χ1) is 9.76. The highest BCUT2D eigenvalue weighted by atomic mass is 16.5. The molecule has 0 saturated heterocycles. The summed E-state index contributed by atoms with van der Waals surface area (Å²) in [6.45, 7) is 1.38. The molecule has 0 aromatic heterocycles. The van der Waals surface area contributed by atoms with E-state index in [-0.39, 0.29) is 5.91 Å². The molecule has 20 heavy (non-hydrogen) atoms. The van der Waals surface area contributed by atoms with E-state index in [1.807, 2.05) is 29.2 Å². The van der Waals surface area contributed by atoms with E-state index in [0.29, 0.717) is 12.6 Å². The maximum atomic E-state index is 12.7. The molecule has 4 nitrogen and oxygen atoms in total. The zero-order chi connectivity index (χ0) is 14.4. The van der Waals surface area contributed by atoms with E-state index in [1.165, 1.54) is 12.8 Å². The van der Waals surface area contributed by atoms with Gasteiger partial charge in [-0.3, -0.25) is 4.79 Å². The number of amides is 1. The van der Waals surface area contributed by atoms with Crippen LogP contribution in [0, 0.1) is 0 Å². The quantitative estimate of drug-likeness (QED) is 0.868. The Morgan fingerprint density at radius 2 is 1.95 bits per heavy atom. The first-order valence-corrected chi connectivity index (χ1v) is 7.41. The van der Waals surface area contributed by atoms with Crippen molar-refractivity contribution in [2.24, 2.45) is 5.73 Å². The van der Waals surface area contributed by atoms with Gasteiger partial charge < -0.3 is 15.4 Å². The summed E-state index contributed by atoms with van der Waals surface area (Å²) in [4.78, 5) is 14.7. The van der Waals surface area contributed by atoms with Crippen molar-refractivity contribution in [3.63, 3.8) is 0 Å². The van der Waals surface area contributed by atoms with Crippen LogP contribution in [0.2, 0.25) is 0 Å². The van der Waals surface area contributed by atoms with Crippen LogP contribution in [0.15, 0.2) is 24.3 Å². The maximum absolute atomic E-state index is 12.7. The molecule has 1 aromatic rings. The van der Waals surface area contributed by atoms with Crippen molar-refractivity contribution in [3.05, 3.63) is 29.8 Å². The van der Waals surface area contributed by atoms with Crippen molar-refractivity contribution >= 4 is 5.91 Å². The number of nitrogens with two attached hydrogens (primary N) is 1. The van der Waals surface area contributed by atoms with Crippen molar-refractivity contribution in [3.8, 4) is 5.75 Å². The third kappa shape index (κ3) is 3.51. The van der Waals surface area contributed by atoms with E-state index in [0.717, 1.165) is 37.1 Å². The van der Waals surface area contributed by atoms with Crippen LogP contribution in [0.1, 0.15) is 42.5 Å². The fraction of sp³-hybridized carbons (Fsp3) is 0.562. The molecule has 0 atom stereocenters. The molecule has 1 aliphatic carbocycles. The molecule has 0 radical (unpaired) electrons. The van der Waals surface area contributed by atoms with Crippen LogP contribution in [0.5, 0.6) is 5.75 Å². The summed E-state index contributed by atoms with van der Waals surface area (Å²) in [5.41, 5.74) is 6.33. The van der Waals surface area contributed by atoms with Gasteiger partial charge in [0, 0.05) is 18.2 Å². The van der Waals surface area contributed by atoms with E-state index < -0.39 is 0 Å². The SMILES string of the molecule is COc1ccc(C(=O)N(CCCN)C2CCCC2)cc1. The molecular weight excluding hydrogens is 252 g/mol. The highest BCUT2D eigenvalue weighted by Gasteiger charge is 2.26. The minimum Gasteiger partial charge on any atom is -0.497 e. The summed E-state index contributed by atoms with van der Waals surface area (Å²) in [5, 5.41) is 0. The number of ether oxygens (including phenoxy) is 1. The maximum Gasteiger partial charge on any atom is 0.254 e. The Kier molecular flexibility index (Phi) is 5.41. The molecule has 1 aromatic carbocycles. The molecule has 0 spiro atoms. The molecule has 0 heterocycles. The molecular formula is C16H24N2O2. The minimum absolute atomic E-state index is 0.119. The third-order valence-corrected chi connectivity index (χ3v) is 3.97. The Hall–Kier alpha value is -1.55. The van der Waals surface area contributed by atoms with Gasteiger partial charge in [-0.15, -0.1) is 0 Å². The zero-order valence-electron chi connectivity index (χ0n) is 12.2. The van der Waals surface area contributed by atoms with Crippen LogP contribution in [-0.2, 0) is 0 Å². The second kappa shape index (κ2) is 7.29. The predicted octanol–water partition coefficient (Wildman–Crippen LogP) is 2.43. The molecule has 1 saturated carbocycles. The summed E-state index contributed by atoms with van der Waals surface area (Å²) >= 11 is 0. The Balaban J connectivity index is 2.11. The van der Waals surface area contributed by atoms with Gasteiger partial charge in [-0.05, 0) is 50.1 Å². The first kappa shape index (κ1) is 14.9. The van der Waals surface area contributed by atoms with Crippen LogP contribution in [0.25, 0.3) is 0 Å². The number of benzene rings is 1. The number of methoxy groups -OCH3 is 1. The topological polar surface area (TPSA) is 55.6 Å². The molecule has 1 aliphatic rings. The van der Waals surface area contributed by atoms with E-state index in [4.69, 9.17) is 10.5 Å². The van der Waals surface area contributed by atoms with Crippen LogP contribution in [0.3, 0.4) is 0 Å². The minimum atomic E-state index is 0.119. The standard InChI is InChI=1S/C16H24N2O2/c1-20-15-9-7-13(8-10-15)16(19)18(12-4-11-17)14-5-2-3-6-14/h7-10,14H,2-6,11-12,17H2,1H3. The zero-order valence-corrected chi connectivity index (χ0v) is 12.2. The van der Waals surface area contributed by atoms with E-state index >= 15 is 0 Å². The van der Waals surface area contributed by atoms with Crippen molar-refractivity contribution < 1.29 is 9.53 Å². The second-order valence-electron chi connectivity index (χ2n) is 5.31. The van der Waals surface area contributed by atoms with E-state index in [2.05, 4.69) is 0 Å². The number of hydrogen-bond donors (Lipinski definition) is 1. The van der Waals surface area contributed by atoms with Crippen molar-refractivity contribution in [2.75, 3.05) is 20.2 Å². The number of carbonyl (C=O) groups excluding carboxylic acids is 1. The molecule has 0 unspecified atom stereocenters. The molecule has 0 aliphatic heterocycles. The lowest BCUT2D eigenvalue weighted by molar-refractivity contribution is 0.0680. The van der Waals surface area contributed by atoms with Gasteiger partial charge in [-0.25, -0.2) is 0 Å². The van der Waals surface area contributed by atoms with Crippen molar-refractivity contribution in [1.82, 2.24) is 4.90 Å². The van der Waals surface area contributed by atoms with Crippen molar-refractivity contribution in [1.29, 1.82) is 0 Å². The summed E-state index contributed by atoms with van der Waals surface area (Å²) in [6, 6.07) is 7.74. The Labute approximate surface area is 120 Å². The fourth-order valence-electron chi connectivity index (χ4n) is 2.83. The van der Waals surface area contributed by atoms with Gasteiger partial charge in [0.2, 0.25) is 0 Å². The Bertz CT molecular complexity index is 425. The molecule has 1 amide bonds. The lowest BCUT2D eigenvalue weighted by Crippen LogP contribution is -2.40. The van der Waals surface area contributed by atoms with E-state index in [1.54, 1.807) is 7.11 Å². The largest absolute Gasteiger partial charge is 0.497 e. The van der Waals surface area contributed by atoms with Gasteiger partial charge in [0.15, 0.2) is 0 Å². The van der Waals surface area contributed by atoms with Crippen LogP contribution >= 0.6 is 0 Å². The predicted molar refractivity (Wildman–Crippen MR) is 80.0 cm³/mol. The van der Waals surface area contributed by atoms with Crippen molar-refractivity contribution in [2.45, 2.75) is 38.1 Å². The van der Waals surface area contributed by atoms with Gasteiger partial charge in [-0.1, -0.05) is 12.8 Å². The van der Waals surface area contributed by atoms with Gasteiger partial charge in [-0.2, -0.15) is 0 Å². The van der Waals surface area contributed by atoms with Crippen LogP contribution in [-0.4, -0.2) is 37.0 Å². The van der Waals surface area contributed by atoms with Gasteiger partial charge in [0.1, 0.15) is 5.75 Å². The van der Waals surface area contributed by atoms with Crippen LogP contribution in [0.4, 0.5) is 0 Å². The molecule has 2 N–H and O–H groups in total. The molecule has 0 bridgehead atoms. The van der Waals surface area contributed by atoms with Gasteiger partial charge in [0.05, 0.1) is 7.11 Å². The molecule has 1 fully saturated rings. The molecule has 4 heteroatoms. The summed E-state index contributed by atoms with van der Waals surface area (Å²) in [6.07, 6.45) is 5.54. The number of rotatable bonds is 6. The summed E-state index contributed by atoms with van der Waals surface area (Å²) in [7, 11) is 1.63. The van der Waals surface area contributed by atoms with Gasteiger partial charge in [0.25, 0.3) is 5.91 Å².